The summed E-state index contributed by atoms with van der Waals surface area (Å²) >= 11 is 3.42. The molecule has 2 rings (SSSR count). The Morgan fingerprint density at radius 1 is 1.18 bits per heavy atom. The van der Waals surface area contributed by atoms with Gasteiger partial charge in [0.1, 0.15) is 5.75 Å². The minimum Gasteiger partial charge on any atom is -0.490 e. The maximum Gasteiger partial charge on any atom is 0.410 e. The number of halogens is 1. The molecule has 0 aliphatic carbocycles. The van der Waals surface area contributed by atoms with Gasteiger partial charge in [0.25, 0.3) is 0 Å². The molecule has 0 radical (unpaired) electrons. The van der Waals surface area contributed by atoms with Crippen LogP contribution in [0.3, 0.4) is 0 Å². The fraction of sp³-hybridized carbons (Fsp3) is 0.588. The van der Waals surface area contributed by atoms with Gasteiger partial charge in [0.2, 0.25) is 0 Å². The smallest absolute Gasteiger partial charge is 0.410 e. The zero-order valence-electron chi connectivity index (χ0n) is 13.4. The fourth-order valence-electron chi connectivity index (χ4n) is 2.65. The van der Waals surface area contributed by atoms with Gasteiger partial charge in [-0.25, -0.2) is 4.79 Å². The van der Waals surface area contributed by atoms with Crippen molar-refractivity contribution < 1.29 is 14.3 Å². The van der Waals surface area contributed by atoms with Crippen LogP contribution in [-0.2, 0) is 4.74 Å². The van der Waals surface area contributed by atoms with Crippen molar-refractivity contribution in [3.05, 3.63) is 28.7 Å². The van der Waals surface area contributed by atoms with E-state index < -0.39 is 0 Å². The lowest BCUT2D eigenvalue weighted by atomic mass is 9.92. The first kappa shape index (κ1) is 17.1. The third-order valence-corrected chi connectivity index (χ3v) is 4.46. The van der Waals surface area contributed by atoms with E-state index in [9.17, 15) is 4.79 Å². The number of likely N-dealkylation sites (tertiary alicyclic amines) is 1. The molecule has 22 heavy (non-hydrogen) atoms. The SMILES string of the molecule is CC(C)OC(=O)N1CCC(C(C)Oc2ccc(Br)cc2)CC1. The second kappa shape index (κ2) is 7.86. The maximum atomic E-state index is 11.9. The quantitative estimate of drug-likeness (QED) is 0.785. The predicted octanol–water partition coefficient (Wildman–Crippen LogP) is 4.47. The van der Waals surface area contributed by atoms with Gasteiger partial charge >= 0.3 is 6.09 Å². The molecule has 122 valence electrons. The molecule has 1 unspecified atom stereocenters. The van der Waals surface area contributed by atoms with Crippen LogP contribution in [0.2, 0.25) is 0 Å². The summed E-state index contributed by atoms with van der Waals surface area (Å²) in [4.78, 5) is 13.7. The Morgan fingerprint density at radius 2 is 1.77 bits per heavy atom. The summed E-state index contributed by atoms with van der Waals surface area (Å²) < 4.78 is 12.3. The summed E-state index contributed by atoms with van der Waals surface area (Å²) in [6.07, 6.45) is 1.78. The first-order valence-electron chi connectivity index (χ1n) is 7.83. The molecule has 0 saturated carbocycles. The molecule has 0 N–H and O–H groups in total. The molecule has 5 heteroatoms. The number of rotatable bonds is 4. The lowest BCUT2D eigenvalue weighted by molar-refractivity contribution is 0.0495. The average Bonchev–Trinajstić information content (AvgIpc) is 2.49. The Labute approximate surface area is 140 Å². The van der Waals surface area contributed by atoms with Gasteiger partial charge in [-0.1, -0.05) is 15.9 Å². The van der Waals surface area contributed by atoms with Crippen molar-refractivity contribution in [2.75, 3.05) is 13.1 Å². The summed E-state index contributed by atoms with van der Waals surface area (Å²) in [5, 5.41) is 0. The van der Waals surface area contributed by atoms with Crippen LogP contribution in [0.5, 0.6) is 5.75 Å². The van der Waals surface area contributed by atoms with E-state index in [1.54, 1.807) is 4.90 Å². The molecule has 1 aromatic rings. The number of benzene rings is 1. The van der Waals surface area contributed by atoms with Gasteiger partial charge in [0, 0.05) is 17.6 Å². The van der Waals surface area contributed by atoms with E-state index in [1.807, 2.05) is 38.1 Å². The molecule has 1 heterocycles. The lowest BCUT2D eigenvalue weighted by Crippen LogP contribution is -2.42. The Kier molecular flexibility index (Phi) is 6.12. The molecule has 1 aromatic carbocycles. The lowest BCUT2D eigenvalue weighted by Gasteiger charge is -2.34. The number of hydrogen-bond donors (Lipinski definition) is 0. The van der Waals surface area contributed by atoms with E-state index in [1.165, 1.54) is 0 Å². The first-order valence-corrected chi connectivity index (χ1v) is 8.63. The molecule has 1 fully saturated rings. The summed E-state index contributed by atoms with van der Waals surface area (Å²) in [6.45, 7) is 7.33. The molecular formula is C17H24BrNO3. The molecule has 4 nitrogen and oxygen atoms in total. The zero-order chi connectivity index (χ0) is 16.1. The highest BCUT2D eigenvalue weighted by Crippen LogP contribution is 2.25. The third kappa shape index (κ3) is 4.90. The monoisotopic (exact) mass is 369 g/mol. The molecule has 1 atom stereocenters. The van der Waals surface area contributed by atoms with Gasteiger partial charge in [0.15, 0.2) is 0 Å². The number of hydrogen-bond acceptors (Lipinski definition) is 3. The van der Waals surface area contributed by atoms with E-state index in [4.69, 9.17) is 9.47 Å². The normalized spacial score (nSPS) is 17.4. The molecule has 1 amide bonds. The van der Waals surface area contributed by atoms with Gasteiger partial charge in [-0.15, -0.1) is 0 Å². The van der Waals surface area contributed by atoms with E-state index in [2.05, 4.69) is 22.9 Å². The topological polar surface area (TPSA) is 38.8 Å². The van der Waals surface area contributed by atoms with E-state index in [-0.39, 0.29) is 18.3 Å². The van der Waals surface area contributed by atoms with E-state index in [0.29, 0.717) is 5.92 Å². The Balaban J connectivity index is 1.80. The number of piperidine rings is 1. The largest absolute Gasteiger partial charge is 0.490 e. The predicted molar refractivity (Wildman–Crippen MR) is 90.1 cm³/mol. The summed E-state index contributed by atoms with van der Waals surface area (Å²) in [5.41, 5.74) is 0. The second-order valence-corrected chi connectivity index (χ2v) is 6.95. The van der Waals surface area contributed by atoms with Crippen LogP contribution < -0.4 is 4.74 Å². The van der Waals surface area contributed by atoms with Gasteiger partial charge < -0.3 is 14.4 Å². The highest BCUT2D eigenvalue weighted by molar-refractivity contribution is 9.10. The van der Waals surface area contributed by atoms with Crippen molar-refractivity contribution in [3.8, 4) is 5.75 Å². The fourth-order valence-corrected chi connectivity index (χ4v) is 2.92. The standard InChI is InChI=1S/C17H24BrNO3/c1-12(2)21-17(20)19-10-8-14(9-11-19)13(3)22-16-6-4-15(18)5-7-16/h4-7,12-14H,8-11H2,1-3H3. The summed E-state index contributed by atoms with van der Waals surface area (Å²) in [6, 6.07) is 7.89. The van der Waals surface area contributed by atoms with Gasteiger partial charge in [-0.05, 0) is 63.8 Å². The van der Waals surface area contributed by atoms with Crippen LogP contribution in [0.25, 0.3) is 0 Å². The summed E-state index contributed by atoms with van der Waals surface area (Å²) in [7, 11) is 0. The molecule has 1 aliphatic rings. The van der Waals surface area contributed by atoms with Crippen LogP contribution in [-0.4, -0.2) is 36.3 Å². The zero-order valence-corrected chi connectivity index (χ0v) is 15.0. The van der Waals surface area contributed by atoms with Crippen molar-refractivity contribution in [2.45, 2.75) is 45.8 Å². The van der Waals surface area contributed by atoms with Crippen molar-refractivity contribution in [1.29, 1.82) is 0 Å². The first-order chi connectivity index (χ1) is 10.5. The molecule has 0 aromatic heterocycles. The average molecular weight is 370 g/mol. The number of ether oxygens (including phenoxy) is 2. The molecule has 1 aliphatic heterocycles. The molecule has 0 spiro atoms. The number of carbonyl (C=O) groups is 1. The van der Waals surface area contributed by atoms with Crippen LogP contribution in [0, 0.1) is 5.92 Å². The molecular weight excluding hydrogens is 346 g/mol. The minimum absolute atomic E-state index is 0.0649. The highest BCUT2D eigenvalue weighted by Gasteiger charge is 2.28. The highest BCUT2D eigenvalue weighted by atomic mass is 79.9. The number of amides is 1. The second-order valence-electron chi connectivity index (χ2n) is 6.03. The Bertz CT molecular complexity index is 481. The molecule has 0 bridgehead atoms. The number of carbonyl (C=O) groups excluding carboxylic acids is 1. The van der Waals surface area contributed by atoms with Crippen LogP contribution >= 0.6 is 15.9 Å². The van der Waals surface area contributed by atoms with Crippen molar-refractivity contribution in [3.63, 3.8) is 0 Å². The maximum absolute atomic E-state index is 11.9. The van der Waals surface area contributed by atoms with Gasteiger partial charge in [-0.2, -0.15) is 0 Å². The number of nitrogens with zero attached hydrogens (tertiary/aromatic N) is 1. The Hall–Kier alpha value is -1.23. The van der Waals surface area contributed by atoms with Crippen molar-refractivity contribution in [2.24, 2.45) is 5.92 Å². The van der Waals surface area contributed by atoms with E-state index >= 15 is 0 Å². The van der Waals surface area contributed by atoms with Crippen LogP contribution in [0.15, 0.2) is 28.7 Å². The Morgan fingerprint density at radius 3 is 2.32 bits per heavy atom. The third-order valence-electron chi connectivity index (χ3n) is 3.93. The van der Waals surface area contributed by atoms with Crippen molar-refractivity contribution >= 4 is 22.0 Å². The molecule has 1 saturated heterocycles. The van der Waals surface area contributed by atoms with Gasteiger partial charge in [-0.3, -0.25) is 0 Å². The van der Waals surface area contributed by atoms with Crippen molar-refractivity contribution in [1.82, 2.24) is 4.90 Å². The van der Waals surface area contributed by atoms with E-state index in [0.717, 1.165) is 36.2 Å². The van der Waals surface area contributed by atoms with Crippen LogP contribution in [0.4, 0.5) is 4.79 Å². The summed E-state index contributed by atoms with van der Waals surface area (Å²) in [5.74, 6) is 1.35. The van der Waals surface area contributed by atoms with Gasteiger partial charge in [0.05, 0.1) is 12.2 Å². The van der Waals surface area contributed by atoms with Crippen LogP contribution in [0.1, 0.15) is 33.6 Å². The minimum atomic E-state index is -0.199.